The second-order valence-electron chi connectivity index (χ2n) is 17.4. The molecule has 24 nitrogen and oxygen atoms in total. The van der Waals surface area contributed by atoms with Gasteiger partial charge in [-0.05, 0) is 70.8 Å². The van der Waals surface area contributed by atoms with Crippen molar-refractivity contribution in [1.82, 2.24) is 15.2 Å². The van der Waals surface area contributed by atoms with Crippen molar-refractivity contribution in [3.05, 3.63) is 119 Å². The number of hydroxylamine groups is 6. The minimum absolute atomic E-state index is 0.0295. The van der Waals surface area contributed by atoms with Crippen molar-refractivity contribution < 1.29 is 100 Å². The second-order valence-corrected chi connectivity index (χ2v) is 24.6. The number of carbonyl (C=O) groups excluding carboxylic acids is 12. The summed E-state index contributed by atoms with van der Waals surface area (Å²) in [5.74, 6) is -2.85. The van der Waals surface area contributed by atoms with Crippen molar-refractivity contribution in [1.29, 1.82) is 0 Å². The Hall–Kier alpha value is -7.38. The number of esters is 3. The molecule has 0 N–H and O–H groups in total. The monoisotopic (exact) mass is 1300 g/mol. The molecule has 4 aromatic carbocycles. The molecule has 0 saturated carbocycles. The lowest BCUT2D eigenvalue weighted by atomic mass is 10.2. The van der Waals surface area contributed by atoms with E-state index in [4.69, 9.17) is 28.4 Å². The first-order valence-electron chi connectivity index (χ1n) is 26.3. The van der Waals surface area contributed by atoms with Gasteiger partial charge in [0.05, 0.1) is 0 Å². The highest BCUT2D eigenvalue weighted by Gasteiger charge is 2.35. The Bertz CT molecular complexity index is 2780. The van der Waals surface area contributed by atoms with E-state index >= 15 is 0 Å². The highest BCUT2D eigenvalue weighted by molar-refractivity contribution is 8.77. The SMILES string of the molecule is CCC(=O)OCCSSCCOC(=O)ON1C(=O)CCC1=O.CCC(=O)OCc1ccc(SSc2ccc(COC(=O)ON3C(=O)CCC3=O)cc2)cc1.CCC(=O)OCc1ccc(SSc2ccc(COC(=O)ON3C(=O)CCC3=O)cc2)cc1. The fourth-order valence-electron chi connectivity index (χ4n) is 6.42. The van der Waals surface area contributed by atoms with E-state index in [1.54, 1.807) is 63.9 Å². The number of nitrogens with zero attached hydrogens (tertiary/aromatic N) is 3. The van der Waals surface area contributed by atoms with Crippen molar-refractivity contribution in [3.8, 4) is 0 Å². The molecule has 0 unspecified atom stereocenters. The van der Waals surface area contributed by atoms with Crippen LogP contribution in [0.25, 0.3) is 0 Å². The Labute approximate surface area is 517 Å². The van der Waals surface area contributed by atoms with Crippen molar-refractivity contribution in [2.45, 2.75) is 125 Å². The van der Waals surface area contributed by atoms with E-state index in [0.717, 1.165) is 41.8 Å². The van der Waals surface area contributed by atoms with Gasteiger partial charge < -0.3 is 28.4 Å². The van der Waals surface area contributed by atoms with Gasteiger partial charge in [-0.15, -0.1) is 0 Å². The topological polar surface area (TPSA) is 298 Å². The van der Waals surface area contributed by atoms with Gasteiger partial charge in [0.15, 0.2) is 0 Å². The minimum atomic E-state index is -1.10. The maximum Gasteiger partial charge on any atom is 0.534 e. The highest BCUT2D eigenvalue weighted by atomic mass is 33.1. The van der Waals surface area contributed by atoms with Gasteiger partial charge in [0.25, 0.3) is 35.4 Å². The van der Waals surface area contributed by atoms with E-state index in [-0.39, 0.29) is 89.5 Å². The molecule has 0 atom stereocenters. The predicted octanol–water partition coefficient (Wildman–Crippen LogP) is 10.9. The van der Waals surface area contributed by atoms with E-state index in [1.807, 2.05) is 97.1 Å². The predicted molar refractivity (Wildman–Crippen MR) is 314 cm³/mol. The average Bonchev–Trinajstić information content (AvgIpc) is 4.00. The lowest BCUT2D eigenvalue weighted by molar-refractivity contribution is -0.178. The van der Waals surface area contributed by atoms with Gasteiger partial charge in [-0.25, -0.2) is 14.4 Å². The maximum atomic E-state index is 11.7. The molecule has 0 radical (unpaired) electrons. The van der Waals surface area contributed by atoms with Gasteiger partial charge in [0, 0.05) is 88.9 Å². The molecule has 3 saturated heterocycles. The van der Waals surface area contributed by atoms with Crippen LogP contribution < -0.4 is 0 Å². The summed E-state index contributed by atoms with van der Waals surface area (Å²) in [6, 6.07) is 30.4. The molecule has 0 aliphatic carbocycles. The third-order valence-corrected chi connectivity index (χ3v) is 18.1. The third kappa shape index (κ3) is 25.7. The molecule has 3 aliphatic heterocycles. The maximum absolute atomic E-state index is 11.7. The molecule has 0 bridgehead atoms. The van der Waals surface area contributed by atoms with Gasteiger partial charge in [0.1, 0.15) is 39.6 Å². The molecule has 0 spiro atoms. The van der Waals surface area contributed by atoms with Crippen molar-refractivity contribution >= 4 is 137 Å². The molecule has 3 heterocycles. The van der Waals surface area contributed by atoms with E-state index < -0.39 is 53.9 Å². The van der Waals surface area contributed by atoms with Gasteiger partial charge >= 0.3 is 36.4 Å². The summed E-state index contributed by atoms with van der Waals surface area (Å²) in [6.45, 7) is 6.12. The Balaban J connectivity index is 0.000000240. The van der Waals surface area contributed by atoms with Gasteiger partial charge in [0.2, 0.25) is 0 Å². The summed E-state index contributed by atoms with van der Waals surface area (Å²) in [4.78, 5) is 154. The zero-order valence-corrected chi connectivity index (χ0v) is 51.5. The van der Waals surface area contributed by atoms with E-state index in [1.165, 1.54) is 21.6 Å². The number of hydrogen-bond acceptors (Lipinski definition) is 27. The number of carbonyl (C=O) groups is 12. The van der Waals surface area contributed by atoms with Crippen molar-refractivity contribution in [2.24, 2.45) is 0 Å². The molecule has 6 amide bonds. The summed E-state index contributed by atoms with van der Waals surface area (Å²) in [7, 11) is 9.24. The third-order valence-electron chi connectivity index (χ3n) is 11.0. The van der Waals surface area contributed by atoms with Crippen LogP contribution in [0, 0.1) is 0 Å². The smallest absolute Gasteiger partial charge is 0.465 e. The van der Waals surface area contributed by atoms with Crippen LogP contribution in [0.3, 0.4) is 0 Å². The highest BCUT2D eigenvalue weighted by Crippen LogP contribution is 2.39. The molecule has 460 valence electrons. The fourth-order valence-corrected chi connectivity index (χ4v) is 11.9. The quantitative estimate of drug-likeness (QED) is 0.0176. The standard InChI is InChI=1S/2C22H21NO7S2.C12H17NO7S2/c2*1-2-21(26)28-13-15-3-7-17(8-4-15)31-32-18-9-5-16(6-10-18)14-29-22(27)30-23-19(24)11-12-20(23)25;1-2-11(16)18-5-7-21-22-8-6-19-12(17)20-13-9(14)3-4-10(13)15/h2*3-10H,2,11-14H2,1H3;2-8H2,1H3. The van der Waals surface area contributed by atoms with Gasteiger partial charge in [-0.3, -0.25) is 57.7 Å². The number of benzene rings is 4. The van der Waals surface area contributed by atoms with Crippen LogP contribution in [0.4, 0.5) is 14.4 Å². The number of imide groups is 3. The van der Waals surface area contributed by atoms with Gasteiger partial charge in [-0.2, -0.15) is 0 Å². The first kappa shape index (κ1) is 69.4. The Morgan fingerprint density at radius 3 is 0.837 bits per heavy atom. The first-order valence-corrected chi connectivity index (χ1v) is 33.1. The summed E-state index contributed by atoms with van der Waals surface area (Å²) < 4.78 is 29.8. The van der Waals surface area contributed by atoms with Crippen LogP contribution in [0.1, 0.15) is 101 Å². The molecule has 3 aliphatic rings. The normalized spacial score (nSPS) is 13.5. The van der Waals surface area contributed by atoms with E-state index in [9.17, 15) is 57.5 Å². The number of hydrogen-bond donors (Lipinski definition) is 0. The fraction of sp³-hybridized carbons (Fsp3) is 0.357. The Kier molecular flexibility index (Phi) is 30.6. The summed E-state index contributed by atoms with van der Waals surface area (Å²) in [5, 5.41) is 1.33. The molecule has 3 fully saturated rings. The molecule has 0 aromatic heterocycles. The summed E-state index contributed by atoms with van der Waals surface area (Å²) >= 11 is 0. The van der Waals surface area contributed by atoms with Crippen molar-refractivity contribution in [2.75, 3.05) is 24.7 Å². The van der Waals surface area contributed by atoms with Crippen molar-refractivity contribution in [3.63, 3.8) is 0 Å². The lowest BCUT2D eigenvalue weighted by Gasteiger charge is -2.12. The number of rotatable bonds is 27. The largest absolute Gasteiger partial charge is 0.534 e. The molecule has 86 heavy (non-hydrogen) atoms. The lowest BCUT2D eigenvalue weighted by Crippen LogP contribution is -2.32. The molecule has 30 heteroatoms. The molecule has 4 aromatic rings. The molecular formula is C56H59N3O21S6. The average molecular weight is 1300 g/mol. The number of amides is 6. The van der Waals surface area contributed by atoms with Crippen LogP contribution in [0.5, 0.6) is 0 Å². The summed E-state index contributed by atoms with van der Waals surface area (Å²) in [5.41, 5.74) is 3.34. The minimum Gasteiger partial charge on any atom is -0.465 e. The van der Waals surface area contributed by atoms with E-state index in [2.05, 4.69) is 14.5 Å². The number of ether oxygens (including phenoxy) is 6. The van der Waals surface area contributed by atoms with Crippen LogP contribution in [0.2, 0.25) is 0 Å². The van der Waals surface area contributed by atoms with E-state index in [0.29, 0.717) is 52.6 Å². The van der Waals surface area contributed by atoms with Crippen LogP contribution in [-0.4, -0.2) is 112 Å². The van der Waals surface area contributed by atoms with Crippen LogP contribution in [-0.2, 0) is 113 Å². The second kappa shape index (κ2) is 37.9. The van der Waals surface area contributed by atoms with Gasteiger partial charge in [-0.1, -0.05) is 149 Å². The molecular weight excluding hydrogens is 1240 g/mol. The summed E-state index contributed by atoms with van der Waals surface area (Å²) in [6.07, 6.45) is -2.00. The zero-order chi connectivity index (χ0) is 62.2. The van der Waals surface area contributed by atoms with Crippen LogP contribution >= 0.6 is 64.8 Å². The molecule has 7 rings (SSSR count). The van der Waals surface area contributed by atoms with Crippen LogP contribution in [0.15, 0.2) is 117 Å². The first-order chi connectivity index (χ1) is 41.4. The zero-order valence-electron chi connectivity index (χ0n) is 46.6. The Morgan fingerprint density at radius 1 is 0.337 bits per heavy atom. The Morgan fingerprint density at radius 2 is 0.570 bits per heavy atom.